The molecule has 1 saturated carbocycles. The normalized spacial score (nSPS) is 20.7. The molecule has 1 heterocycles. The second-order valence-electron chi connectivity index (χ2n) is 5.61. The number of amides is 1. The van der Waals surface area contributed by atoms with Crippen LogP contribution in [-0.2, 0) is 0 Å². The minimum Gasteiger partial charge on any atom is -0.349 e. The van der Waals surface area contributed by atoms with E-state index in [-0.39, 0.29) is 17.4 Å². The summed E-state index contributed by atoms with van der Waals surface area (Å²) in [7, 11) is 0. The molecule has 1 aromatic rings. The molecular weight excluding hydrogens is 256 g/mol. The average Bonchev–Trinajstić information content (AvgIpc) is 2.94. The molecule has 1 aliphatic rings. The zero-order valence-corrected chi connectivity index (χ0v) is 12.3. The zero-order chi connectivity index (χ0) is 13.9. The van der Waals surface area contributed by atoms with Crippen LogP contribution in [0.5, 0.6) is 0 Å². The maximum absolute atomic E-state index is 12.2. The summed E-state index contributed by atoms with van der Waals surface area (Å²) in [6, 6.07) is 2.11. The first kappa shape index (κ1) is 14.1. The molecule has 4 heteroatoms. The Balaban J connectivity index is 2.02. The molecular formula is C15H20N2OS. The number of rotatable bonds is 2. The van der Waals surface area contributed by atoms with Crippen molar-refractivity contribution in [1.82, 2.24) is 5.32 Å². The number of thiophene rings is 1. The van der Waals surface area contributed by atoms with Crippen molar-refractivity contribution in [2.45, 2.75) is 39.2 Å². The van der Waals surface area contributed by atoms with Crippen molar-refractivity contribution in [1.29, 1.82) is 0 Å². The van der Waals surface area contributed by atoms with Gasteiger partial charge >= 0.3 is 0 Å². The minimum absolute atomic E-state index is 0.0111. The fourth-order valence-electron chi connectivity index (χ4n) is 2.49. The van der Waals surface area contributed by atoms with Gasteiger partial charge in [0.05, 0.1) is 17.0 Å². The van der Waals surface area contributed by atoms with Crippen LogP contribution in [0.3, 0.4) is 0 Å². The summed E-state index contributed by atoms with van der Waals surface area (Å²) in [5.74, 6) is 5.76. The topological polar surface area (TPSA) is 55.1 Å². The third-order valence-electron chi connectivity index (χ3n) is 3.74. The van der Waals surface area contributed by atoms with Gasteiger partial charge in [-0.2, -0.15) is 0 Å². The molecule has 19 heavy (non-hydrogen) atoms. The average molecular weight is 276 g/mol. The van der Waals surface area contributed by atoms with E-state index in [2.05, 4.69) is 31.0 Å². The van der Waals surface area contributed by atoms with E-state index in [1.165, 1.54) is 24.2 Å². The highest BCUT2D eigenvalue weighted by atomic mass is 32.1. The van der Waals surface area contributed by atoms with E-state index in [1.54, 1.807) is 0 Å². The maximum atomic E-state index is 12.2. The molecule has 0 aliphatic heterocycles. The summed E-state index contributed by atoms with van der Waals surface area (Å²) in [5, 5.41) is 5.01. The molecule has 1 aliphatic carbocycles. The van der Waals surface area contributed by atoms with Crippen molar-refractivity contribution in [2.75, 3.05) is 6.54 Å². The number of carbonyl (C=O) groups excluding carboxylic acids is 1. The van der Waals surface area contributed by atoms with E-state index in [0.717, 1.165) is 11.3 Å². The largest absolute Gasteiger partial charge is 0.349 e. The van der Waals surface area contributed by atoms with Gasteiger partial charge in [-0.1, -0.05) is 32.1 Å². The Kier molecular flexibility index (Phi) is 4.28. The van der Waals surface area contributed by atoms with Gasteiger partial charge in [0.25, 0.3) is 5.91 Å². The highest BCUT2D eigenvalue weighted by molar-refractivity contribution is 7.10. The second-order valence-corrected chi connectivity index (χ2v) is 6.52. The van der Waals surface area contributed by atoms with Gasteiger partial charge in [0.1, 0.15) is 0 Å². The first-order valence-electron chi connectivity index (χ1n) is 6.61. The summed E-state index contributed by atoms with van der Waals surface area (Å²) < 4.78 is 0. The number of hydrogen-bond donors (Lipinski definition) is 2. The lowest BCUT2D eigenvalue weighted by atomic mass is 9.87. The van der Waals surface area contributed by atoms with Crippen molar-refractivity contribution in [2.24, 2.45) is 11.1 Å². The van der Waals surface area contributed by atoms with Gasteiger partial charge in [0.2, 0.25) is 0 Å². The first-order valence-corrected chi connectivity index (χ1v) is 7.49. The number of hydrogen-bond acceptors (Lipinski definition) is 3. The highest BCUT2D eigenvalue weighted by Gasteiger charge is 2.35. The fourth-order valence-corrected chi connectivity index (χ4v) is 3.25. The highest BCUT2D eigenvalue weighted by Crippen LogP contribution is 2.37. The van der Waals surface area contributed by atoms with Gasteiger partial charge in [-0.3, -0.25) is 4.79 Å². The first-order chi connectivity index (χ1) is 9.03. The van der Waals surface area contributed by atoms with E-state index < -0.39 is 0 Å². The lowest BCUT2D eigenvalue weighted by molar-refractivity contribution is 0.0910. The Morgan fingerprint density at radius 2 is 2.42 bits per heavy atom. The number of nitrogens with one attached hydrogen (secondary N) is 1. The van der Waals surface area contributed by atoms with Crippen LogP contribution < -0.4 is 11.1 Å². The van der Waals surface area contributed by atoms with E-state index in [0.29, 0.717) is 12.1 Å². The van der Waals surface area contributed by atoms with Crippen LogP contribution in [0.15, 0.2) is 11.4 Å². The Hall–Kier alpha value is -1.31. The molecule has 0 aromatic carbocycles. The summed E-state index contributed by atoms with van der Waals surface area (Å²) >= 11 is 1.49. The predicted octanol–water partition coefficient (Wildman–Crippen LogP) is 2.37. The van der Waals surface area contributed by atoms with Crippen LogP contribution in [0.2, 0.25) is 0 Å². The van der Waals surface area contributed by atoms with Gasteiger partial charge in [0, 0.05) is 11.4 Å². The summed E-state index contributed by atoms with van der Waals surface area (Å²) in [6.07, 6.45) is 3.44. The van der Waals surface area contributed by atoms with Gasteiger partial charge in [0.15, 0.2) is 0 Å². The zero-order valence-electron chi connectivity index (χ0n) is 11.5. The van der Waals surface area contributed by atoms with Gasteiger partial charge in [-0.15, -0.1) is 11.3 Å². The van der Waals surface area contributed by atoms with Crippen molar-refractivity contribution >= 4 is 17.2 Å². The number of nitrogens with two attached hydrogens (primary N) is 1. The van der Waals surface area contributed by atoms with E-state index in [1.807, 2.05) is 11.4 Å². The second kappa shape index (κ2) is 5.77. The molecule has 1 unspecified atom stereocenters. The van der Waals surface area contributed by atoms with Crippen molar-refractivity contribution < 1.29 is 4.79 Å². The Morgan fingerprint density at radius 1 is 1.63 bits per heavy atom. The lowest BCUT2D eigenvalue weighted by Gasteiger charge is -2.27. The monoisotopic (exact) mass is 276 g/mol. The molecule has 0 spiro atoms. The number of carbonyl (C=O) groups is 1. The predicted molar refractivity (Wildman–Crippen MR) is 79.1 cm³/mol. The molecule has 2 rings (SSSR count). The van der Waals surface area contributed by atoms with Crippen LogP contribution in [0.4, 0.5) is 0 Å². The Bertz CT molecular complexity index is 522. The van der Waals surface area contributed by atoms with Crippen LogP contribution in [0, 0.1) is 17.3 Å². The van der Waals surface area contributed by atoms with Crippen LogP contribution in [0.1, 0.15) is 48.3 Å². The lowest BCUT2D eigenvalue weighted by Crippen LogP contribution is -2.41. The summed E-state index contributed by atoms with van der Waals surface area (Å²) in [5.41, 5.74) is 6.24. The molecule has 102 valence electrons. The molecule has 0 radical (unpaired) electrons. The van der Waals surface area contributed by atoms with Gasteiger partial charge < -0.3 is 11.1 Å². The molecule has 1 aromatic heterocycles. The van der Waals surface area contributed by atoms with Crippen LogP contribution >= 0.6 is 11.3 Å². The van der Waals surface area contributed by atoms with Crippen LogP contribution in [-0.4, -0.2) is 18.5 Å². The standard InChI is InChI=1S/C15H20N2OS/c1-15(2)7-3-6-13(15)17-14(18)11-9-12(19-10-11)5-4-8-16/h9-10,13H,3,6-8,16H2,1-2H3,(H,17,18). The van der Waals surface area contributed by atoms with Crippen molar-refractivity contribution in [3.05, 3.63) is 21.9 Å². The third kappa shape index (κ3) is 3.37. The maximum Gasteiger partial charge on any atom is 0.252 e. The van der Waals surface area contributed by atoms with E-state index in [9.17, 15) is 4.79 Å². The molecule has 1 amide bonds. The van der Waals surface area contributed by atoms with Crippen LogP contribution in [0.25, 0.3) is 0 Å². The molecule has 0 saturated heterocycles. The van der Waals surface area contributed by atoms with Crippen molar-refractivity contribution in [3.8, 4) is 11.8 Å². The molecule has 0 bridgehead atoms. The summed E-state index contributed by atoms with van der Waals surface area (Å²) in [4.78, 5) is 13.1. The van der Waals surface area contributed by atoms with E-state index >= 15 is 0 Å². The van der Waals surface area contributed by atoms with Gasteiger partial charge in [-0.05, 0) is 24.3 Å². The van der Waals surface area contributed by atoms with Gasteiger partial charge in [-0.25, -0.2) is 0 Å². The fraction of sp³-hybridized carbons (Fsp3) is 0.533. The van der Waals surface area contributed by atoms with E-state index in [4.69, 9.17) is 5.73 Å². The SMILES string of the molecule is CC1(C)CCCC1NC(=O)c1csc(C#CCN)c1. The third-order valence-corrected chi connectivity index (χ3v) is 4.58. The smallest absolute Gasteiger partial charge is 0.252 e. The molecule has 3 nitrogen and oxygen atoms in total. The molecule has 1 fully saturated rings. The molecule has 3 N–H and O–H groups in total. The minimum atomic E-state index is 0.0111. The van der Waals surface area contributed by atoms with Crippen molar-refractivity contribution in [3.63, 3.8) is 0 Å². The summed E-state index contributed by atoms with van der Waals surface area (Å²) in [6.45, 7) is 4.78. The quantitative estimate of drug-likeness (QED) is 0.815. The molecule has 1 atom stereocenters. The Labute approximate surface area is 118 Å². The Morgan fingerprint density at radius 3 is 3.05 bits per heavy atom.